The van der Waals surface area contributed by atoms with E-state index in [9.17, 15) is 0 Å². The van der Waals surface area contributed by atoms with Crippen LogP contribution in [0.2, 0.25) is 0 Å². The first-order chi connectivity index (χ1) is 16.4. The molecule has 3 heteroatoms. The lowest BCUT2D eigenvalue weighted by Crippen LogP contribution is -2.03. The van der Waals surface area contributed by atoms with Gasteiger partial charge in [0.15, 0.2) is 0 Å². The molecule has 2 nitrogen and oxygen atoms in total. The standard InChI is InChI=1S/C30H20N2S/c1-2-7-19(8-3-1)25-18-22(17-21-9-4-5-11-23(21)25)28-27-24-13-12-20-10-6-15-31-29(20)30(24)33-26(27)14-16-32-28/h1-11,14-18H,12-13H2. The molecule has 0 saturated carbocycles. The second-order valence-corrected chi connectivity index (χ2v) is 9.62. The van der Waals surface area contributed by atoms with E-state index in [0.29, 0.717) is 0 Å². The number of fused-ring (bicyclic) bond motifs is 6. The molecule has 0 spiro atoms. The van der Waals surface area contributed by atoms with Gasteiger partial charge in [0.25, 0.3) is 0 Å². The van der Waals surface area contributed by atoms with Gasteiger partial charge in [-0.3, -0.25) is 9.97 Å². The van der Waals surface area contributed by atoms with Crippen molar-refractivity contribution in [3.8, 4) is 33.0 Å². The summed E-state index contributed by atoms with van der Waals surface area (Å²) in [5, 5.41) is 3.80. The highest BCUT2D eigenvalue weighted by Crippen LogP contribution is 2.46. The summed E-state index contributed by atoms with van der Waals surface area (Å²) in [7, 11) is 0. The number of rotatable bonds is 2. The van der Waals surface area contributed by atoms with Gasteiger partial charge in [-0.15, -0.1) is 11.3 Å². The van der Waals surface area contributed by atoms with Gasteiger partial charge in [-0.05, 0) is 70.1 Å². The van der Waals surface area contributed by atoms with Gasteiger partial charge >= 0.3 is 0 Å². The van der Waals surface area contributed by atoms with Crippen molar-refractivity contribution in [2.45, 2.75) is 12.8 Å². The van der Waals surface area contributed by atoms with Crippen LogP contribution in [0.4, 0.5) is 0 Å². The smallest absolute Gasteiger partial charge is 0.0836 e. The Balaban J connectivity index is 1.52. The Morgan fingerprint density at radius 1 is 0.667 bits per heavy atom. The molecule has 0 saturated heterocycles. The van der Waals surface area contributed by atoms with Crippen molar-refractivity contribution in [1.29, 1.82) is 0 Å². The largest absolute Gasteiger partial charge is 0.256 e. The third-order valence-corrected chi connectivity index (χ3v) is 7.88. The first-order valence-corrected chi connectivity index (χ1v) is 12.1. The Hall–Kier alpha value is -3.82. The zero-order valence-electron chi connectivity index (χ0n) is 18.0. The van der Waals surface area contributed by atoms with E-state index in [1.807, 2.05) is 29.8 Å². The predicted molar refractivity (Wildman–Crippen MR) is 139 cm³/mol. The Morgan fingerprint density at radius 2 is 1.52 bits per heavy atom. The van der Waals surface area contributed by atoms with Crippen LogP contribution in [0.5, 0.6) is 0 Å². The molecule has 1 aliphatic carbocycles. The number of hydrogen-bond donors (Lipinski definition) is 0. The molecule has 0 unspecified atom stereocenters. The fourth-order valence-corrected chi connectivity index (χ4v) is 6.44. The van der Waals surface area contributed by atoms with Gasteiger partial charge < -0.3 is 0 Å². The molecule has 0 bridgehead atoms. The second kappa shape index (κ2) is 7.36. The number of aromatic nitrogens is 2. The van der Waals surface area contributed by atoms with Crippen LogP contribution in [0.25, 0.3) is 53.8 Å². The van der Waals surface area contributed by atoms with Crippen LogP contribution in [0, 0.1) is 0 Å². The number of benzene rings is 3. The van der Waals surface area contributed by atoms with Gasteiger partial charge in [0.2, 0.25) is 0 Å². The maximum atomic E-state index is 4.94. The highest BCUT2D eigenvalue weighted by molar-refractivity contribution is 7.22. The van der Waals surface area contributed by atoms with E-state index in [4.69, 9.17) is 9.97 Å². The van der Waals surface area contributed by atoms with E-state index in [1.165, 1.54) is 53.6 Å². The number of pyridine rings is 2. The molecule has 3 heterocycles. The third-order valence-electron chi connectivity index (χ3n) is 6.67. The number of aryl methyl sites for hydroxylation is 2. The van der Waals surface area contributed by atoms with E-state index in [1.54, 1.807) is 0 Å². The molecule has 0 aliphatic heterocycles. The molecule has 1 aliphatic rings. The minimum Gasteiger partial charge on any atom is -0.256 e. The molecular weight excluding hydrogens is 420 g/mol. The topological polar surface area (TPSA) is 25.8 Å². The van der Waals surface area contributed by atoms with E-state index >= 15 is 0 Å². The molecule has 0 fully saturated rings. The monoisotopic (exact) mass is 440 g/mol. The molecule has 3 aromatic heterocycles. The Morgan fingerprint density at radius 3 is 2.45 bits per heavy atom. The van der Waals surface area contributed by atoms with Gasteiger partial charge in [0.1, 0.15) is 0 Å². The maximum Gasteiger partial charge on any atom is 0.0836 e. The van der Waals surface area contributed by atoms with Crippen molar-refractivity contribution >= 4 is 32.2 Å². The first-order valence-electron chi connectivity index (χ1n) is 11.3. The summed E-state index contributed by atoms with van der Waals surface area (Å²) in [5.74, 6) is 0. The average molecular weight is 441 g/mol. The summed E-state index contributed by atoms with van der Waals surface area (Å²) in [5.41, 5.74) is 8.63. The number of hydrogen-bond acceptors (Lipinski definition) is 3. The van der Waals surface area contributed by atoms with Crippen molar-refractivity contribution < 1.29 is 0 Å². The van der Waals surface area contributed by atoms with Gasteiger partial charge in [0, 0.05) is 28.0 Å². The zero-order chi connectivity index (χ0) is 21.8. The van der Waals surface area contributed by atoms with E-state index in [2.05, 4.69) is 78.9 Å². The lowest BCUT2D eigenvalue weighted by molar-refractivity contribution is 0.942. The molecule has 156 valence electrons. The minimum absolute atomic E-state index is 1.03. The van der Waals surface area contributed by atoms with Crippen LogP contribution in [0.15, 0.2) is 97.3 Å². The van der Waals surface area contributed by atoms with Crippen molar-refractivity contribution in [2.75, 3.05) is 0 Å². The molecule has 6 aromatic rings. The van der Waals surface area contributed by atoms with Crippen LogP contribution in [-0.4, -0.2) is 9.97 Å². The van der Waals surface area contributed by atoms with Gasteiger partial charge in [-0.2, -0.15) is 0 Å². The van der Waals surface area contributed by atoms with Crippen molar-refractivity contribution in [2.24, 2.45) is 0 Å². The third kappa shape index (κ3) is 2.93. The summed E-state index contributed by atoms with van der Waals surface area (Å²) in [6.07, 6.45) is 5.93. The Kier molecular flexibility index (Phi) is 4.18. The number of nitrogens with zero attached hydrogens (tertiary/aromatic N) is 2. The lowest BCUT2D eigenvalue weighted by Gasteiger charge is -2.16. The quantitative estimate of drug-likeness (QED) is 0.273. The van der Waals surface area contributed by atoms with Crippen molar-refractivity contribution in [3.05, 3.63) is 108 Å². The van der Waals surface area contributed by atoms with Crippen LogP contribution in [-0.2, 0) is 12.8 Å². The molecule has 7 rings (SSSR count). The van der Waals surface area contributed by atoms with Crippen LogP contribution in [0.1, 0.15) is 11.1 Å². The molecule has 3 aromatic carbocycles. The summed E-state index contributed by atoms with van der Waals surface area (Å²) < 4.78 is 1.29. The summed E-state index contributed by atoms with van der Waals surface area (Å²) in [4.78, 5) is 11.0. The van der Waals surface area contributed by atoms with Gasteiger partial charge in [-0.1, -0.05) is 60.7 Å². The fraction of sp³-hybridized carbons (Fsp3) is 0.0667. The van der Waals surface area contributed by atoms with E-state index < -0.39 is 0 Å². The molecule has 0 atom stereocenters. The van der Waals surface area contributed by atoms with E-state index in [-0.39, 0.29) is 0 Å². The number of thiophene rings is 1. The maximum absolute atomic E-state index is 4.94. The van der Waals surface area contributed by atoms with Crippen molar-refractivity contribution in [3.63, 3.8) is 0 Å². The average Bonchev–Trinajstić information content (AvgIpc) is 3.28. The Labute approximate surface area is 196 Å². The van der Waals surface area contributed by atoms with Crippen molar-refractivity contribution in [1.82, 2.24) is 9.97 Å². The zero-order valence-corrected chi connectivity index (χ0v) is 18.8. The fourth-order valence-electron chi connectivity index (χ4n) is 5.16. The van der Waals surface area contributed by atoms with Crippen LogP contribution < -0.4 is 0 Å². The summed E-state index contributed by atoms with van der Waals surface area (Å²) in [6.45, 7) is 0. The molecular formula is C30H20N2S. The molecule has 0 radical (unpaired) electrons. The lowest BCUT2D eigenvalue weighted by atomic mass is 9.90. The van der Waals surface area contributed by atoms with Crippen LogP contribution >= 0.6 is 11.3 Å². The molecule has 0 amide bonds. The normalized spacial score (nSPS) is 12.6. The summed E-state index contributed by atoms with van der Waals surface area (Å²) >= 11 is 1.85. The van der Waals surface area contributed by atoms with Crippen LogP contribution in [0.3, 0.4) is 0 Å². The minimum atomic E-state index is 1.03. The second-order valence-electron chi connectivity index (χ2n) is 8.56. The first kappa shape index (κ1) is 18.7. The molecule has 33 heavy (non-hydrogen) atoms. The molecule has 0 N–H and O–H groups in total. The SMILES string of the molecule is c1ccc(-c2cc(-c3nccc4sc5c(c34)CCc3cccnc3-5)cc3ccccc23)cc1. The predicted octanol–water partition coefficient (Wildman–Crippen LogP) is 7.94. The summed E-state index contributed by atoms with van der Waals surface area (Å²) in [6, 6.07) is 30.3. The van der Waals surface area contributed by atoms with Gasteiger partial charge in [-0.25, -0.2) is 0 Å². The highest BCUT2D eigenvalue weighted by atomic mass is 32.1. The van der Waals surface area contributed by atoms with E-state index in [0.717, 1.165) is 24.2 Å². The Bertz CT molecular complexity index is 1660. The highest BCUT2D eigenvalue weighted by Gasteiger charge is 2.24. The van der Waals surface area contributed by atoms with Gasteiger partial charge in [0.05, 0.1) is 16.3 Å².